The number of ether oxygens (including phenoxy) is 1. The van der Waals surface area contributed by atoms with Crippen molar-refractivity contribution in [3.63, 3.8) is 0 Å². The molecule has 4 N–H and O–H groups in total. The summed E-state index contributed by atoms with van der Waals surface area (Å²) in [5, 5.41) is 11.7. The number of aromatic nitrogens is 1. The van der Waals surface area contributed by atoms with Crippen molar-refractivity contribution in [1.82, 2.24) is 15.2 Å². The number of fused-ring (bicyclic) bond motifs is 1. The Morgan fingerprint density at radius 1 is 1.00 bits per heavy atom. The molecule has 9 nitrogen and oxygen atoms in total. The Labute approximate surface area is 210 Å². The largest absolute Gasteiger partial charge is 0.491 e. The van der Waals surface area contributed by atoms with E-state index in [2.05, 4.69) is 10.3 Å². The number of nitrogens with zero attached hydrogens (tertiary/aromatic N) is 2. The summed E-state index contributed by atoms with van der Waals surface area (Å²) in [6, 6.07) is 14.2. The number of alkyl halides is 3. The summed E-state index contributed by atoms with van der Waals surface area (Å²) in [7, 11) is 0. The number of anilines is 1. The highest BCUT2D eigenvalue weighted by molar-refractivity contribution is 5.98. The van der Waals surface area contributed by atoms with E-state index in [9.17, 15) is 22.8 Å². The molecule has 1 saturated heterocycles. The maximum Gasteiger partial charge on any atom is 0.490 e. The number of carbonyl (C=O) groups excluding carboxylic acids is 2. The number of carboxylic acids is 1. The van der Waals surface area contributed by atoms with Gasteiger partial charge in [-0.3, -0.25) is 9.59 Å². The number of amides is 2. The quantitative estimate of drug-likeness (QED) is 0.425. The predicted molar refractivity (Wildman–Crippen MR) is 129 cm³/mol. The van der Waals surface area contributed by atoms with Gasteiger partial charge in [0.2, 0.25) is 0 Å². The molecule has 2 aromatic carbocycles. The van der Waals surface area contributed by atoms with Gasteiger partial charge >= 0.3 is 12.1 Å². The van der Waals surface area contributed by atoms with Gasteiger partial charge in [-0.05, 0) is 49.2 Å². The molecule has 0 unspecified atom stereocenters. The number of nitrogen functional groups attached to an aromatic ring is 1. The lowest BCUT2D eigenvalue weighted by atomic mass is 10.1. The van der Waals surface area contributed by atoms with Crippen LogP contribution in [0.3, 0.4) is 0 Å². The summed E-state index contributed by atoms with van der Waals surface area (Å²) >= 11 is 0. The fraction of sp³-hybridized carbons (Fsp3) is 0.280. The van der Waals surface area contributed by atoms with Gasteiger partial charge < -0.3 is 25.8 Å². The third-order valence-electron chi connectivity index (χ3n) is 5.47. The molecule has 0 spiro atoms. The minimum absolute atomic E-state index is 0.0267. The van der Waals surface area contributed by atoms with Crippen LogP contribution in [0.4, 0.5) is 19.0 Å². The highest BCUT2D eigenvalue weighted by Crippen LogP contribution is 2.27. The summed E-state index contributed by atoms with van der Waals surface area (Å²) in [5.41, 5.74) is 7.02. The van der Waals surface area contributed by atoms with Gasteiger partial charge in [0.15, 0.2) is 0 Å². The minimum atomic E-state index is -5.08. The third kappa shape index (κ3) is 7.32. The zero-order valence-electron chi connectivity index (χ0n) is 19.6. The second kappa shape index (κ2) is 12.1. The van der Waals surface area contributed by atoms with E-state index in [4.69, 9.17) is 20.4 Å². The smallest absolute Gasteiger partial charge is 0.490 e. The normalized spacial score (nSPS) is 13.0. The maximum atomic E-state index is 12.4. The summed E-state index contributed by atoms with van der Waals surface area (Å²) in [6.07, 6.45) is -1.33. The second-order valence-corrected chi connectivity index (χ2v) is 8.03. The van der Waals surface area contributed by atoms with E-state index in [1.807, 2.05) is 29.2 Å². The number of carboxylic acid groups (broad SMARTS) is 1. The van der Waals surface area contributed by atoms with E-state index in [1.54, 1.807) is 30.5 Å². The molecule has 0 saturated carbocycles. The molecule has 1 fully saturated rings. The fourth-order valence-electron chi connectivity index (χ4n) is 3.62. The van der Waals surface area contributed by atoms with Gasteiger partial charge in [0.1, 0.15) is 18.2 Å². The van der Waals surface area contributed by atoms with Crippen molar-refractivity contribution in [3.8, 4) is 5.75 Å². The van der Waals surface area contributed by atoms with Crippen molar-refractivity contribution < 1.29 is 37.4 Å². The molecule has 2 amide bonds. The summed E-state index contributed by atoms with van der Waals surface area (Å²) in [4.78, 5) is 39.6. The number of carbonyl (C=O) groups is 3. The monoisotopic (exact) mass is 518 g/mol. The number of nitrogens with one attached hydrogen (secondary N) is 1. The molecule has 0 bridgehead atoms. The molecule has 1 aromatic heterocycles. The molecule has 196 valence electrons. The van der Waals surface area contributed by atoms with Crippen LogP contribution in [0.15, 0.2) is 54.7 Å². The minimum Gasteiger partial charge on any atom is -0.491 e. The molecule has 0 radical (unpaired) electrons. The molecular weight excluding hydrogens is 493 g/mol. The van der Waals surface area contributed by atoms with Gasteiger partial charge in [0, 0.05) is 41.2 Å². The van der Waals surface area contributed by atoms with Crippen molar-refractivity contribution >= 4 is 34.4 Å². The summed E-state index contributed by atoms with van der Waals surface area (Å²) in [6.45, 7) is 2.28. The van der Waals surface area contributed by atoms with E-state index < -0.39 is 12.1 Å². The number of nitrogens with two attached hydrogens (primary N) is 1. The van der Waals surface area contributed by atoms with Crippen LogP contribution in [0.25, 0.3) is 10.8 Å². The first kappa shape index (κ1) is 27.2. The van der Waals surface area contributed by atoms with Crippen LogP contribution < -0.4 is 15.8 Å². The van der Waals surface area contributed by atoms with Gasteiger partial charge in [-0.15, -0.1) is 0 Å². The van der Waals surface area contributed by atoms with Crippen LogP contribution in [0, 0.1) is 0 Å². The number of hydrogen-bond acceptors (Lipinski definition) is 6. The predicted octanol–water partition coefficient (Wildman–Crippen LogP) is 3.50. The highest BCUT2D eigenvalue weighted by atomic mass is 19.4. The molecule has 0 atom stereocenters. The van der Waals surface area contributed by atoms with Crippen molar-refractivity contribution in [2.45, 2.75) is 19.0 Å². The topological polar surface area (TPSA) is 135 Å². The molecule has 12 heteroatoms. The molecule has 37 heavy (non-hydrogen) atoms. The van der Waals surface area contributed by atoms with E-state index in [0.29, 0.717) is 35.8 Å². The van der Waals surface area contributed by atoms with Crippen LogP contribution >= 0.6 is 0 Å². The Kier molecular flexibility index (Phi) is 8.88. The molecular formula is C25H25F3N4O5. The molecule has 1 aliphatic rings. The average molecular weight is 518 g/mol. The van der Waals surface area contributed by atoms with Crippen LogP contribution in [-0.4, -0.2) is 65.2 Å². The maximum absolute atomic E-state index is 12.4. The van der Waals surface area contributed by atoms with Crippen molar-refractivity contribution in [1.29, 1.82) is 0 Å². The van der Waals surface area contributed by atoms with Crippen LogP contribution in [-0.2, 0) is 4.79 Å². The zero-order chi connectivity index (χ0) is 27.0. The number of halogens is 3. The number of benzene rings is 2. The zero-order valence-corrected chi connectivity index (χ0v) is 19.6. The van der Waals surface area contributed by atoms with E-state index in [1.165, 1.54) is 0 Å². The molecule has 4 rings (SSSR count). The fourth-order valence-corrected chi connectivity index (χ4v) is 3.62. The second-order valence-electron chi connectivity index (χ2n) is 8.03. The van der Waals surface area contributed by atoms with Gasteiger partial charge in [-0.25, -0.2) is 9.78 Å². The standard InChI is InChI=1S/C23H24N4O3.C2HF3O2/c24-21-19-4-3-5-20(18(19)10-11-25-21)30-15-12-26-22(28)16-6-8-17(9-7-16)23(29)27-13-1-2-14-27;3-2(4,5)1(6)7/h3-11H,1-2,12-15H2,(H2,24,25)(H,26,28);(H,6,7). The van der Waals surface area contributed by atoms with Gasteiger partial charge in [-0.2, -0.15) is 13.2 Å². The first-order chi connectivity index (χ1) is 17.6. The van der Waals surface area contributed by atoms with E-state index >= 15 is 0 Å². The molecule has 0 aliphatic carbocycles. The SMILES string of the molecule is Nc1nccc2c(OCCNC(=O)c3ccc(C(=O)N4CCCC4)cc3)cccc12.O=C(O)C(F)(F)F. The highest BCUT2D eigenvalue weighted by Gasteiger charge is 2.38. The Balaban J connectivity index is 0.000000479. The van der Waals surface area contributed by atoms with Crippen LogP contribution in [0.5, 0.6) is 5.75 Å². The number of hydrogen-bond donors (Lipinski definition) is 3. The number of pyridine rings is 1. The van der Waals surface area contributed by atoms with Gasteiger partial charge in [0.25, 0.3) is 11.8 Å². The first-order valence-electron chi connectivity index (χ1n) is 11.3. The summed E-state index contributed by atoms with van der Waals surface area (Å²) in [5.74, 6) is -1.78. The van der Waals surface area contributed by atoms with E-state index in [0.717, 1.165) is 36.7 Å². The number of aliphatic carboxylic acids is 1. The Hall–Kier alpha value is -4.35. The van der Waals surface area contributed by atoms with Crippen molar-refractivity contribution in [3.05, 3.63) is 65.9 Å². The van der Waals surface area contributed by atoms with Crippen molar-refractivity contribution in [2.24, 2.45) is 0 Å². The number of likely N-dealkylation sites (tertiary alicyclic amines) is 1. The Bertz CT molecular complexity index is 1260. The third-order valence-corrected chi connectivity index (χ3v) is 5.47. The van der Waals surface area contributed by atoms with Crippen molar-refractivity contribution in [2.75, 3.05) is 32.0 Å². The first-order valence-corrected chi connectivity index (χ1v) is 11.3. The van der Waals surface area contributed by atoms with Gasteiger partial charge in [-0.1, -0.05) is 12.1 Å². The van der Waals surface area contributed by atoms with E-state index in [-0.39, 0.29) is 11.8 Å². The molecule has 3 aromatic rings. The Morgan fingerprint density at radius 2 is 1.62 bits per heavy atom. The Morgan fingerprint density at radius 3 is 2.24 bits per heavy atom. The lowest BCUT2D eigenvalue weighted by Crippen LogP contribution is -2.29. The average Bonchev–Trinajstić information content (AvgIpc) is 3.41. The van der Waals surface area contributed by atoms with Crippen LogP contribution in [0.1, 0.15) is 33.6 Å². The van der Waals surface area contributed by atoms with Crippen LogP contribution in [0.2, 0.25) is 0 Å². The molecule has 1 aliphatic heterocycles. The lowest BCUT2D eigenvalue weighted by molar-refractivity contribution is -0.192. The lowest BCUT2D eigenvalue weighted by Gasteiger charge is -2.15. The molecule has 2 heterocycles. The summed E-state index contributed by atoms with van der Waals surface area (Å²) < 4.78 is 37.6. The number of rotatable bonds is 6. The van der Waals surface area contributed by atoms with Gasteiger partial charge in [0.05, 0.1) is 6.54 Å².